The average Bonchev–Trinajstić information content (AvgIpc) is 2.60. The summed E-state index contributed by atoms with van der Waals surface area (Å²) in [5, 5.41) is 11.7. The molecule has 0 amide bonds. The van der Waals surface area contributed by atoms with Crippen LogP contribution in [0, 0.1) is 0 Å². The van der Waals surface area contributed by atoms with Crippen LogP contribution in [0.1, 0.15) is 12.8 Å². The van der Waals surface area contributed by atoms with Crippen molar-refractivity contribution in [3.05, 3.63) is 24.5 Å². The molecule has 2 aromatic heterocycles. The second-order valence-electron chi connectivity index (χ2n) is 3.87. The molecule has 0 fully saturated rings. The number of nitrogens with one attached hydrogen (secondary N) is 1. The van der Waals surface area contributed by atoms with E-state index in [2.05, 4.69) is 25.1 Å². The molecule has 0 unspecified atom stereocenters. The number of pyridine rings is 1. The molecule has 0 aliphatic carbocycles. The fraction of sp³-hybridized carbons (Fsp3) is 0.364. The van der Waals surface area contributed by atoms with Gasteiger partial charge in [0.2, 0.25) is 5.95 Å². The molecule has 1 aliphatic heterocycles. The van der Waals surface area contributed by atoms with Gasteiger partial charge in [-0.2, -0.15) is 0 Å². The molecule has 2 aromatic rings. The van der Waals surface area contributed by atoms with E-state index in [1.807, 2.05) is 18.3 Å². The monoisotopic (exact) mass is 215 g/mol. The lowest BCUT2D eigenvalue weighted by molar-refractivity contribution is 0.657. The summed E-state index contributed by atoms with van der Waals surface area (Å²) in [6.45, 7) is 1.95. The normalized spacial score (nSPS) is 15.0. The maximum Gasteiger partial charge on any atom is 0.224 e. The van der Waals surface area contributed by atoms with E-state index < -0.39 is 0 Å². The van der Waals surface area contributed by atoms with E-state index in [4.69, 9.17) is 0 Å². The molecule has 0 atom stereocenters. The molecule has 0 aromatic carbocycles. The van der Waals surface area contributed by atoms with E-state index in [1.54, 1.807) is 6.20 Å². The average molecular weight is 215 g/mol. The number of nitrogens with zero attached hydrogens (tertiary/aromatic N) is 4. The van der Waals surface area contributed by atoms with E-state index in [0.29, 0.717) is 0 Å². The second-order valence-corrected chi connectivity index (χ2v) is 3.87. The van der Waals surface area contributed by atoms with Crippen LogP contribution in [0.4, 0.5) is 5.95 Å². The van der Waals surface area contributed by atoms with Gasteiger partial charge in [-0.15, -0.1) is 10.2 Å². The number of hydrogen-bond acceptors (Lipinski definition) is 4. The minimum Gasteiger partial charge on any atom is -0.354 e. The van der Waals surface area contributed by atoms with Gasteiger partial charge in [-0.25, -0.2) is 0 Å². The summed E-state index contributed by atoms with van der Waals surface area (Å²) in [6, 6.07) is 3.93. The molecule has 5 heteroatoms. The van der Waals surface area contributed by atoms with Gasteiger partial charge in [0, 0.05) is 31.0 Å². The largest absolute Gasteiger partial charge is 0.354 e. The highest BCUT2D eigenvalue weighted by atomic mass is 15.4. The summed E-state index contributed by atoms with van der Waals surface area (Å²) < 4.78 is 2.13. The van der Waals surface area contributed by atoms with Gasteiger partial charge in [-0.1, -0.05) is 0 Å². The van der Waals surface area contributed by atoms with Crippen LogP contribution < -0.4 is 5.32 Å². The highest BCUT2D eigenvalue weighted by Crippen LogP contribution is 2.21. The zero-order valence-corrected chi connectivity index (χ0v) is 8.93. The Bertz CT molecular complexity index is 476. The standard InChI is InChI=1S/C11H13N5/c1-2-7-16-10(9-4-3-5-12-8-9)14-15-11(16)13-6-1/h3-5,8H,1-2,6-7H2,(H,13,15). The summed E-state index contributed by atoms with van der Waals surface area (Å²) in [6.07, 6.45) is 5.92. The smallest absolute Gasteiger partial charge is 0.224 e. The van der Waals surface area contributed by atoms with Crippen molar-refractivity contribution in [2.75, 3.05) is 11.9 Å². The van der Waals surface area contributed by atoms with Gasteiger partial charge in [0.25, 0.3) is 0 Å². The third kappa shape index (κ3) is 1.54. The molecule has 1 aliphatic rings. The molecular formula is C11H13N5. The molecule has 3 heterocycles. The van der Waals surface area contributed by atoms with Gasteiger partial charge in [-0.3, -0.25) is 9.55 Å². The van der Waals surface area contributed by atoms with Crippen molar-refractivity contribution in [3.8, 4) is 11.4 Å². The minimum atomic E-state index is 0.872. The Balaban J connectivity index is 2.06. The Kier molecular flexibility index (Phi) is 2.29. The predicted molar refractivity (Wildman–Crippen MR) is 61.0 cm³/mol. The number of rotatable bonds is 1. The van der Waals surface area contributed by atoms with Crippen molar-refractivity contribution in [2.45, 2.75) is 19.4 Å². The van der Waals surface area contributed by atoms with E-state index in [0.717, 1.165) is 36.8 Å². The van der Waals surface area contributed by atoms with Gasteiger partial charge < -0.3 is 5.32 Å². The van der Waals surface area contributed by atoms with E-state index in [1.165, 1.54) is 6.42 Å². The van der Waals surface area contributed by atoms with Crippen molar-refractivity contribution in [3.63, 3.8) is 0 Å². The van der Waals surface area contributed by atoms with Crippen LogP contribution in [0.3, 0.4) is 0 Å². The zero-order valence-electron chi connectivity index (χ0n) is 8.93. The summed E-state index contributed by atoms with van der Waals surface area (Å²) >= 11 is 0. The maximum atomic E-state index is 4.22. The molecule has 1 N–H and O–H groups in total. The van der Waals surface area contributed by atoms with Crippen LogP contribution in [0.2, 0.25) is 0 Å². The molecule has 0 saturated heterocycles. The first-order valence-electron chi connectivity index (χ1n) is 5.52. The molecule has 0 radical (unpaired) electrons. The number of hydrogen-bond donors (Lipinski definition) is 1. The molecular weight excluding hydrogens is 202 g/mol. The van der Waals surface area contributed by atoms with Crippen LogP contribution in [0.5, 0.6) is 0 Å². The van der Waals surface area contributed by atoms with E-state index in [9.17, 15) is 0 Å². The van der Waals surface area contributed by atoms with E-state index >= 15 is 0 Å². The summed E-state index contributed by atoms with van der Waals surface area (Å²) in [5.41, 5.74) is 1.02. The second kappa shape index (κ2) is 3.92. The van der Waals surface area contributed by atoms with Crippen LogP contribution in [-0.2, 0) is 6.54 Å². The van der Waals surface area contributed by atoms with Gasteiger partial charge in [0.05, 0.1) is 0 Å². The molecule has 82 valence electrons. The van der Waals surface area contributed by atoms with Crippen molar-refractivity contribution >= 4 is 5.95 Å². The van der Waals surface area contributed by atoms with Gasteiger partial charge in [-0.05, 0) is 25.0 Å². The van der Waals surface area contributed by atoms with Crippen molar-refractivity contribution in [1.82, 2.24) is 19.7 Å². The highest BCUT2D eigenvalue weighted by molar-refractivity contribution is 5.55. The molecule has 0 saturated carbocycles. The lowest BCUT2D eigenvalue weighted by Gasteiger charge is -2.05. The van der Waals surface area contributed by atoms with Gasteiger partial charge >= 0.3 is 0 Å². The highest BCUT2D eigenvalue weighted by Gasteiger charge is 2.15. The fourth-order valence-corrected chi connectivity index (χ4v) is 1.95. The van der Waals surface area contributed by atoms with Gasteiger partial charge in [0.15, 0.2) is 5.82 Å². The number of fused-ring (bicyclic) bond motifs is 1. The molecule has 16 heavy (non-hydrogen) atoms. The van der Waals surface area contributed by atoms with Crippen LogP contribution in [-0.4, -0.2) is 26.3 Å². The van der Waals surface area contributed by atoms with Crippen LogP contribution >= 0.6 is 0 Å². The molecule has 0 spiro atoms. The minimum absolute atomic E-state index is 0.872. The third-order valence-electron chi connectivity index (χ3n) is 2.76. The summed E-state index contributed by atoms with van der Waals surface area (Å²) in [4.78, 5) is 4.11. The first-order valence-corrected chi connectivity index (χ1v) is 5.52. The molecule has 0 bridgehead atoms. The Morgan fingerprint density at radius 3 is 3.12 bits per heavy atom. The predicted octanol–water partition coefficient (Wildman–Crippen LogP) is 1.55. The van der Waals surface area contributed by atoms with Crippen molar-refractivity contribution in [1.29, 1.82) is 0 Å². The Morgan fingerprint density at radius 1 is 1.25 bits per heavy atom. The SMILES string of the molecule is c1cncc(-c2nnc3n2CCCCN3)c1. The fourth-order valence-electron chi connectivity index (χ4n) is 1.95. The lowest BCUT2D eigenvalue weighted by Crippen LogP contribution is -2.04. The van der Waals surface area contributed by atoms with Crippen molar-refractivity contribution in [2.24, 2.45) is 0 Å². The number of aromatic nitrogens is 4. The van der Waals surface area contributed by atoms with Crippen molar-refractivity contribution < 1.29 is 0 Å². The lowest BCUT2D eigenvalue weighted by atomic mass is 10.2. The quantitative estimate of drug-likeness (QED) is 0.784. The summed E-state index contributed by atoms with van der Waals surface area (Å²) in [7, 11) is 0. The van der Waals surface area contributed by atoms with Gasteiger partial charge in [0.1, 0.15) is 0 Å². The van der Waals surface area contributed by atoms with Crippen LogP contribution in [0.25, 0.3) is 11.4 Å². The maximum absolute atomic E-state index is 4.22. The summed E-state index contributed by atoms with van der Waals surface area (Å²) in [5.74, 6) is 1.77. The van der Waals surface area contributed by atoms with Crippen LogP contribution in [0.15, 0.2) is 24.5 Å². The first kappa shape index (κ1) is 9.33. The topological polar surface area (TPSA) is 55.6 Å². The van der Waals surface area contributed by atoms with E-state index in [-0.39, 0.29) is 0 Å². The Morgan fingerprint density at radius 2 is 2.25 bits per heavy atom. The third-order valence-corrected chi connectivity index (χ3v) is 2.76. The molecule has 5 nitrogen and oxygen atoms in total. The first-order chi connectivity index (χ1) is 7.95. The zero-order chi connectivity index (χ0) is 10.8. The number of anilines is 1. The Hall–Kier alpha value is -1.91. The Labute approximate surface area is 93.5 Å². The molecule has 3 rings (SSSR count).